The molecule has 0 aliphatic carbocycles. The van der Waals surface area contributed by atoms with E-state index < -0.39 is 18.1 Å². The van der Waals surface area contributed by atoms with Crippen LogP contribution in [-0.2, 0) is 20.8 Å². The van der Waals surface area contributed by atoms with E-state index in [1.54, 1.807) is 6.07 Å². The van der Waals surface area contributed by atoms with Gasteiger partial charge in [0.2, 0.25) is 11.8 Å². The summed E-state index contributed by atoms with van der Waals surface area (Å²) in [6.07, 6.45) is 0.668. The molecular formula is C13H15N3O4S. The van der Waals surface area contributed by atoms with E-state index in [4.69, 9.17) is 0 Å². The lowest BCUT2D eigenvalue weighted by molar-refractivity contribution is -0.152. The Labute approximate surface area is 124 Å². The highest BCUT2D eigenvalue weighted by atomic mass is 32.1. The maximum absolute atomic E-state index is 12.6. The molecule has 8 heteroatoms. The average molecular weight is 309 g/mol. The number of piperazine rings is 1. The summed E-state index contributed by atoms with van der Waals surface area (Å²) in [5.41, 5.74) is 0.701. The van der Waals surface area contributed by atoms with Crippen LogP contribution < -0.4 is 10.6 Å². The van der Waals surface area contributed by atoms with Crippen molar-refractivity contribution in [3.8, 4) is 0 Å². The summed E-state index contributed by atoms with van der Waals surface area (Å²) in [5.74, 6) is -1.46. The van der Waals surface area contributed by atoms with Gasteiger partial charge in [0.05, 0.1) is 6.54 Å². The summed E-state index contributed by atoms with van der Waals surface area (Å²) in [7, 11) is 0. The fourth-order valence-corrected chi connectivity index (χ4v) is 3.67. The third-order valence-corrected chi connectivity index (χ3v) is 4.79. The Morgan fingerprint density at radius 3 is 2.90 bits per heavy atom. The van der Waals surface area contributed by atoms with Crippen molar-refractivity contribution in [2.45, 2.75) is 18.5 Å². The summed E-state index contributed by atoms with van der Waals surface area (Å²) >= 11 is 1.52. The lowest BCUT2D eigenvalue weighted by Gasteiger charge is -2.36. The van der Waals surface area contributed by atoms with Gasteiger partial charge in [0.25, 0.3) is 0 Å². The van der Waals surface area contributed by atoms with Crippen LogP contribution in [0.15, 0.2) is 11.4 Å². The molecule has 3 N–H and O–H groups in total. The van der Waals surface area contributed by atoms with Crippen LogP contribution in [0.3, 0.4) is 0 Å². The smallest absolute Gasteiger partial charge is 0.331 e. The van der Waals surface area contributed by atoms with Crippen LogP contribution >= 0.6 is 11.3 Å². The number of carboxylic acid groups (broad SMARTS) is 1. The Bertz CT molecular complexity index is 590. The first-order valence-corrected chi connectivity index (χ1v) is 7.55. The molecule has 21 heavy (non-hydrogen) atoms. The molecule has 2 aliphatic heterocycles. The molecular weight excluding hydrogens is 294 g/mol. The van der Waals surface area contributed by atoms with Gasteiger partial charge in [-0.15, -0.1) is 11.3 Å². The van der Waals surface area contributed by atoms with Crippen LogP contribution in [0.25, 0.3) is 0 Å². The van der Waals surface area contributed by atoms with Crippen molar-refractivity contribution in [1.82, 2.24) is 15.5 Å². The normalized spacial score (nSPS) is 25.1. The molecule has 1 saturated heterocycles. The first-order valence-electron chi connectivity index (χ1n) is 6.67. The number of nitrogens with one attached hydrogen (secondary N) is 2. The number of hydrogen-bond donors (Lipinski definition) is 3. The molecule has 0 spiro atoms. The molecule has 2 amide bonds. The number of amides is 2. The van der Waals surface area contributed by atoms with Crippen LogP contribution in [0, 0.1) is 0 Å². The molecule has 3 heterocycles. The van der Waals surface area contributed by atoms with Gasteiger partial charge < -0.3 is 15.3 Å². The molecule has 2 unspecified atom stereocenters. The molecule has 2 aliphatic rings. The standard InChI is InChI=1S/C13H15N3O4S/c17-10-6-14-8(5-15-10)12(18)16-3-1-9-7(2-4-21-9)11(16)13(19)20/h2,4,8,11,14H,1,3,5-6H2,(H,15,17)(H,19,20). The van der Waals surface area contributed by atoms with Crippen molar-refractivity contribution in [2.24, 2.45) is 0 Å². The number of rotatable bonds is 2. The quantitative estimate of drug-likeness (QED) is 0.674. The van der Waals surface area contributed by atoms with Gasteiger partial charge >= 0.3 is 5.97 Å². The average Bonchev–Trinajstić information content (AvgIpc) is 2.94. The largest absolute Gasteiger partial charge is 0.479 e. The minimum atomic E-state index is -1.03. The molecule has 0 bridgehead atoms. The van der Waals surface area contributed by atoms with E-state index in [-0.39, 0.29) is 24.9 Å². The first kappa shape index (κ1) is 14.0. The first-order chi connectivity index (χ1) is 10.1. The van der Waals surface area contributed by atoms with E-state index in [0.717, 1.165) is 4.88 Å². The van der Waals surface area contributed by atoms with Crippen LogP contribution in [0.1, 0.15) is 16.5 Å². The lowest BCUT2D eigenvalue weighted by atomic mass is 9.98. The van der Waals surface area contributed by atoms with Crippen molar-refractivity contribution < 1.29 is 19.5 Å². The Kier molecular flexibility index (Phi) is 3.64. The van der Waals surface area contributed by atoms with Crippen LogP contribution in [0.2, 0.25) is 0 Å². The number of fused-ring (bicyclic) bond motifs is 1. The van der Waals surface area contributed by atoms with E-state index in [0.29, 0.717) is 18.5 Å². The maximum atomic E-state index is 12.6. The minimum absolute atomic E-state index is 0.0751. The monoisotopic (exact) mass is 309 g/mol. The second kappa shape index (κ2) is 5.45. The topological polar surface area (TPSA) is 98.7 Å². The highest BCUT2D eigenvalue weighted by molar-refractivity contribution is 7.10. The molecule has 3 rings (SSSR count). The van der Waals surface area contributed by atoms with Gasteiger partial charge in [-0.25, -0.2) is 4.79 Å². The Balaban J connectivity index is 1.82. The van der Waals surface area contributed by atoms with Gasteiger partial charge in [-0.05, 0) is 23.4 Å². The summed E-state index contributed by atoms with van der Waals surface area (Å²) in [4.78, 5) is 37.7. The van der Waals surface area contributed by atoms with E-state index in [9.17, 15) is 19.5 Å². The predicted molar refractivity (Wildman–Crippen MR) is 74.9 cm³/mol. The van der Waals surface area contributed by atoms with Crippen molar-refractivity contribution in [3.63, 3.8) is 0 Å². The van der Waals surface area contributed by atoms with Crippen molar-refractivity contribution in [1.29, 1.82) is 0 Å². The second-order valence-electron chi connectivity index (χ2n) is 5.06. The van der Waals surface area contributed by atoms with E-state index in [1.165, 1.54) is 16.2 Å². The summed E-state index contributed by atoms with van der Waals surface area (Å²) in [5, 5.41) is 16.8. The molecule has 1 aromatic heterocycles. The molecule has 2 atom stereocenters. The molecule has 0 radical (unpaired) electrons. The van der Waals surface area contributed by atoms with Gasteiger partial charge in [-0.1, -0.05) is 0 Å². The zero-order valence-corrected chi connectivity index (χ0v) is 12.0. The summed E-state index contributed by atoms with van der Waals surface area (Å²) in [6, 6.07) is 0.269. The Morgan fingerprint density at radius 2 is 2.24 bits per heavy atom. The molecule has 112 valence electrons. The number of carbonyl (C=O) groups excluding carboxylic acids is 2. The van der Waals surface area contributed by atoms with E-state index >= 15 is 0 Å². The van der Waals surface area contributed by atoms with Crippen LogP contribution in [-0.4, -0.2) is 53.5 Å². The number of aliphatic carboxylic acids is 1. The SMILES string of the molecule is O=C1CNC(C(=O)N2CCc3sccc3C2C(=O)O)CN1. The number of carbonyl (C=O) groups is 3. The third kappa shape index (κ3) is 2.52. The molecule has 0 saturated carbocycles. The zero-order valence-electron chi connectivity index (χ0n) is 11.2. The highest BCUT2D eigenvalue weighted by Crippen LogP contribution is 2.33. The van der Waals surface area contributed by atoms with Crippen molar-refractivity contribution >= 4 is 29.1 Å². The predicted octanol–water partition coefficient (Wildman–Crippen LogP) is -0.653. The summed E-state index contributed by atoms with van der Waals surface area (Å²) < 4.78 is 0. The van der Waals surface area contributed by atoms with Gasteiger partial charge in [-0.3, -0.25) is 14.9 Å². The van der Waals surface area contributed by atoms with E-state index in [2.05, 4.69) is 10.6 Å². The molecule has 0 aromatic carbocycles. The minimum Gasteiger partial charge on any atom is -0.479 e. The number of hydrogen-bond acceptors (Lipinski definition) is 5. The fraction of sp³-hybridized carbons (Fsp3) is 0.462. The number of carboxylic acids is 1. The highest BCUT2D eigenvalue weighted by Gasteiger charge is 2.39. The van der Waals surface area contributed by atoms with Gasteiger partial charge in [-0.2, -0.15) is 0 Å². The lowest BCUT2D eigenvalue weighted by Crippen LogP contribution is -2.60. The Hall–Kier alpha value is -1.93. The second-order valence-corrected chi connectivity index (χ2v) is 6.06. The van der Waals surface area contributed by atoms with Crippen LogP contribution in [0.4, 0.5) is 0 Å². The number of thiophene rings is 1. The molecule has 1 fully saturated rings. The molecule has 1 aromatic rings. The van der Waals surface area contributed by atoms with Crippen LogP contribution in [0.5, 0.6) is 0 Å². The van der Waals surface area contributed by atoms with Gasteiger partial charge in [0, 0.05) is 18.0 Å². The fourth-order valence-electron chi connectivity index (χ4n) is 2.76. The van der Waals surface area contributed by atoms with Gasteiger partial charge in [0.1, 0.15) is 6.04 Å². The third-order valence-electron chi connectivity index (χ3n) is 3.79. The Morgan fingerprint density at radius 1 is 1.43 bits per heavy atom. The summed E-state index contributed by atoms with van der Waals surface area (Å²) in [6.45, 7) is 0.651. The van der Waals surface area contributed by atoms with Gasteiger partial charge in [0.15, 0.2) is 6.04 Å². The molecule has 7 nitrogen and oxygen atoms in total. The maximum Gasteiger partial charge on any atom is 0.331 e. The van der Waals surface area contributed by atoms with Crippen molar-refractivity contribution in [3.05, 3.63) is 21.9 Å². The zero-order chi connectivity index (χ0) is 15.0. The van der Waals surface area contributed by atoms with Crippen molar-refractivity contribution in [2.75, 3.05) is 19.6 Å². The van der Waals surface area contributed by atoms with E-state index in [1.807, 2.05) is 5.38 Å². The number of nitrogens with zero attached hydrogens (tertiary/aromatic N) is 1.